The summed E-state index contributed by atoms with van der Waals surface area (Å²) in [5, 5.41) is 7.45. The maximum atomic E-state index is 13.9. The summed E-state index contributed by atoms with van der Waals surface area (Å²) < 4.78 is 24.0. The van der Waals surface area contributed by atoms with E-state index in [-0.39, 0.29) is 18.1 Å². The fourth-order valence-electron chi connectivity index (χ4n) is 1.83. The Morgan fingerprint density at radius 2 is 2.00 bits per heavy atom. The lowest BCUT2D eigenvalue weighted by Gasteiger charge is -2.12. The van der Waals surface area contributed by atoms with Gasteiger partial charge in [0.05, 0.1) is 33.0 Å². The number of ether oxygens (including phenoxy) is 2. The van der Waals surface area contributed by atoms with E-state index >= 15 is 0 Å². The van der Waals surface area contributed by atoms with Gasteiger partial charge >= 0.3 is 0 Å². The maximum absolute atomic E-state index is 13.9. The van der Waals surface area contributed by atoms with Crippen molar-refractivity contribution in [2.45, 2.75) is 6.54 Å². The van der Waals surface area contributed by atoms with Gasteiger partial charge in [0.1, 0.15) is 5.82 Å². The predicted octanol–water partition coefficient (Wildman–Crippen LogP) is 2.63. The molecule has 0 aliphatic heterocycles. The number of benzene rings is 1. The third-order valence-corrected chi connectivity index (χ3v) is 3.83. The molecular weight excluding hydrogens is 307 g/mol. The molecular formula is C15H17FN2O3S. The van der Waals surface area contributed by atoms with Gasteiger partial charge in [0.25, 0.3) is 0 Å². The molecule has 0 aliphatic carbocycles. The van der Waals surface area contributed by atoms with Crippen LogP contribution in [0.25, 0.3) is 0 Å². The van der Waals surface area contributed by atoms with E-state index in [2.05, 4.69) is 10.6 Å². The lowest BCUT2D eigenvalue weighted by Crippen LogP contribution is -2.29. The second kappa shape index (κ2) is 7.65. The molecule has 2 N–H and O–H groups in total. The normalized spacial score (nSPS) is 10.1. The van der Waals surface area contributed by atoms with Crippen LogP contribution in [-0.4, -0.2) is 26.7 Å². The molecule has 0 fully saturated rings. The average Bonchev–Trinajstić information content (AvgIpc) is 3.04. The van der Waals surface area contributed by atoms with Gasteiger partial charge in [-0.3, -0.25) is 4.79 Å². The molecule has 118 valence electrons. The number of anilines is 1. The number of hydrogen-bond acceptors (Lipinski definition) is 5. The second-order valence-corrected chi connectivity index (χ2v) is 5.43. The number of thiophene rings is 1. The van der Waals surface area contributed by atoms with Gasteiger partial charge in [-0.05, 0) is 11.4 Å². The number of carbonyl (C=O) groups excluding carboxylic acids is 1. The number of rotatable bonds is 7. The number of amides is 1. The molecule has 0 radical (unpaired) electrons. The van der Waals surface area contributed by atoms with E-state index < -0.39 is 5.82 Å². The smallest absolute Gasteiger partial charge is 0.239 e. The van der Waals surface area contributed by atoms with Crippen LogP contribution in [-0.2, 0) is 11.3 Å². The maximum Gasteiger partial charge on any atom is 0.239 e. The van der Waals surface area contributed by atoms with Gasteiger partial charge in [0.15, 0.2) is 11.5 Å². The number of halogens is 1. The summed E-state index contributed by atoms with van der Waals surface area (Å²) in [5.41, 5.74) is 0.184. The largest absolute Gasteiger partial charge is 0.493 e. The monoisotopic (exact) mass is 324 g/mol. The minimum Gasteiger partial charge on any atom is -0.493 e. The molecule has 0 spiro atoms. The van der Waals surface area contributed by atoms with Crippen molar-refractivity contribution in [2.75, 3.05) is 26.1 Å². The van der Waals surface area contributed by atoms with Crippen molar-refractivity contribution in [3.8, 4) is 11.5 Å². The zero-order chi connectivity index (χ0) is 15.9. The average molecular weight is 324 g/mol. The highest BCUT2D eigenvalue weighted by Gasteiger charge is 2.12. The molecule has 0 unspecified atom stereocenters. The van der Waals surface area contributed by atoms with E-state index in [1.807, 2.05) is 17.5 Å². The summed E-state index contributed by atoms with van der Waals surface area (Å²) in [6, 6.07) is 6.53. The fraction of sp³-hybridized carbons (Fsp3) is 0.267. The van der Waals surface area contributed by atoms with E-state index in [0.717, 1.165) is 4.88 Å². The first-order valence-corrected chi connectivity index (χ1v) is 7.46. The number of nitrogens with one attached hydrogen (secondary N) is 2. The molecule has 1 aromatic carbocycles. The molecule has 22 heavy (non-hydrogen) atoms. The van der Waals surface area contributed by atoms with Crippen LogP contribution in [0.5, 0.6) is 11.5 Å². The van der Waals surface area contributed by atoms with Crippen LogP contribution < -0.4 is 20.1 Å². The Balaban J connectivity index is 1.91. The number of methoxy groups -OCH3 is 2. The van der Waals surface area contributed by atoms with Gasteiger partial charge in [0.2, 0.25) is 5.91 Å². The lowest BCUT2D eigenvalue weighted by atomic mass is 10.2. The molecule has 1 heterocycles. The Kier molecular flexibility index (Phi) is 5.60. The molecule has 0 bridgehead atoms. The van der Waals surface area contributed by atoms with Crippen molar-refractivity contribution in [3.63, 3.8) is 0 Å². The lowest BCUT2D eigenvalue weighted by molar-refractivity contribution is -0.119. The van der Waals surface area contributed by atoms with Gasteiger partial charge in [0, 0.05) is 17.0 Å². The van der Waals surface area contributed by atoms with Gasteiger partial charge in [-0.1, -0.05) is 6.07 Å². The van der Waals surface area contributed by atoms with Crippen LogP contribution in [0, 0.1) is 5.82 Å². The van der Waals surface area contributed by atoms with E-state index in [1.165, 1.54) is 26.4 Å². The summed E-state index contributed by atoms with van der Waals surface area (Å²) in [6.45, 7) is 0.435. The number of carbonyl (C=O) groups is 1. The third-order valence-electron chi connectivity index (χ3n) is 2.95. The van der Waals surface area contributed by atoms with Crippen LogP contribution in [0.2, 0.25) is 0 Å². The van der Waals surface area contributed by atoms with Crippen molar-refractivity contribution in [3.05, 3.63) is 40.3 Å². The molecule has 0 saturated heterocycles. The molecule has 2 rings (SSSR count). The summed E-state index contributed by atoms with van der Waals surface area (Å²) >= 11 is 1.57. The van der Waals surface area contributed by atoms with E-state index in [4.69, 9.17) is 9.47 Å². The Hall–Kier alpha value is -2.28. The highest BCUT2D eigenvalue weighted by Crippen LogP contribution is 2.32. The highest BCUT2D eigenvalue weighted by atomic mass is 32.1. The molecule has 2 aromatic rings. The minimum atomic E-state index is -0.510. The Morgan fingerprint density at radius 1 is 1.27 bits per heavy atom. The van der Waals surface area contributed by atoms with Gasteiger partial charge in [-0.25, -0.2) is 4.39 Å². The molecule has 1 aromatic heterocycles. The van der Waals surface area contributed by atoms with Crippen LogP contribution in [0.4, 0.5) is 10.1 Å². The summed E-state index contributed by atoms with van der Waals surface area (Å²) in [7, 11) is 2.90. The van der Waals surface area contributed by atoms with E-state index in [9.17, 15) is 9.18 Å². The van der Waals surface area contributed by atoms with E-state index in [1.54, 1.807) is 11.3 Å². The van der Waals surface area contributed by atoms with Crippen LogP contribution in [0.1, 0.15) is 4.88 Å². The van der Waals surface area contributed by atoms with Crippen molar-refractivity contribution >= 4 is 22.9 Å². The quantitative estimate of drug-likeness (QED) is 0.822. The third kappa shape index (κ3) is 4.11. The van der Waals surface area contributed by atoms with Gasteiger partial charge < -0.3 is 20.1 Å². The first kappa shape index (κ1) is 16.1. The molecule has 0 aliphatic rings. The predicted molar refractivity (Wildman–Crippen MR) is 84.2 cm³/mol. The Labute approximate surface area is 132 Å². The molecule has 0 atom stereocenters. The molecule has 7 heteroatoms. The first-order chi connectivity index (χ1) is 10.6. The topological polar surface area (TPSA) is 59.6 Å². The summed E-state index contributed by atoms with van der Waals surface area (Å²) in [5.74, 6) is -0.0376. The molecule has 0 saturated carbocycles. The van der Waals surface area contributed by atoms with Crippen LogP contribution in [0.15, 0.2) is 29.6 Å². The first-order valence-electron chi connectivity index (χ1n) is 6.58. The van der Waals surface area contributed by atoms with Crippen molar-refractivity contribution in [1.82, 2.24) is 5.32 Å². The van der Waals surface area contributed by atoms with E-state index in [0.29, 0.717) is 18.0 Å². The summed E-state index contributed by atoms with van der Waals surface area (Å²) in [4.78, 5) is 12.8. The van der Waals surface area contributed by atoms with Crippen molar-refractivity contribution in [2.24, 2.45) is 0 Å². The zero-order valence-electron chi connectivity index (χ0n) is 12.3. The highest BCUT2D eigenvalue weighted by molar-refractivity contribution is 7.09. The summed E-state index contributed by atoms with van der Waals surface area (Å²) in [6.07, 6.45) is 0. The zero-order valence-corrected chi connectivity index (χ0v) is 13.1. The van der Waals surface area contributed by atoms with Gasteiger partial charge in [-0.2, -0.15) is 0 Å². The minimum absolute atomic E-state index is 0.0300. The Bertz CT molecular complexity index is 632. The van der Waals surface area contributed by atoms with Crippen LogP contribution >= 0.6 is 11.3 Å². The molecule has 5 nitrogen and oxygen atoms in total. The molecule has 1 amide bonds. The number of hydrogen-bond donors (Lipinski definition) is 2. The van der Waals surface area contributed by atoms with Gasteiger partial charge in [-0.15, -0.1) is 11.3 Å². The van der Waals surface area contributed by atoms with Crippen molar-refractivity contribution < 1.29 is 18.7 Å². The van der Waals surface area contributed by atoms with Crippen LogP contribution in [0.3, 0.4) is 0 Å². The fourth-order valence-corrected chi connectivity index (χ4v) is 2.47. The standard InChI is InChI=1S/C15H17FN2O3S/c1-20-13-6-11(16)12(7-14(13)21-2)17-9-15(19)18-8-10-4-3-5-22-10/h3-7,17H,8-9H2,1-2H3,(H,18,19). The Morgan fingerprint density at radius 3 is 2.64 bits per heavy atom. The SMILES string of the molecule is COc1cc(F)c(NCC(=O)NCc2cccs2)cc1OC. The van der Waals surface area contributed by atoms with Crippen molar-refractivity contribution in [1.29, 1.82) is 0 Å². The second-order valence-electron chi connectivity index (χ2n) is 4.40.